The minimum atomic E-state index is -1.53. The van der Waals surface area contributed by atoms with E-state index in [-0.39, 0.29) is 0 Å². The number of hydrogen-bond donors (Lipinski definition) is 0. The monoisotopic (exact) mass is 381 g/mol. The average molecular weight is 382 g/mol. The zero-order chi connectivity index (χ0) is 19.7. The molecule has 0 aliphatic rings. The van der Waals surface area contributed by atoms with E-state index in [1.807, 2.05) is 12.3 Å². The van der Waals surface area contributed by atoms with Crippen molar-refractivity contribution in [2.75, 3.05) is 7.11 Å². The molecule has 4 aromatic rings. The molecule has 0 radical (unpaired) electrons. The predicted octanol–water partition coefficient (Wildman–Crippen LogP) is 6.29. The summed E-state index contributed by atoms with van der Waals surface area (Å²) in [6.07, 6.45) is 1.88. The van der Waals surface area contributed by atoms with Crippen LogP contribution in [-0.4, -0.2) is 20.2 Å². The Morgan fingerprint density at radius 2 is 1.54 bits per heavy atom. The molecule has 0 amide bonds. The third kappa shape index (κ3) is 3.39. The minimum absolute atomic E-state index is 0.847. The van der Waals surface area contributed by atoms with Crippen LogP contribution in [0.4, 0.5) is 0 Å². The average Bonchev–Trinajstić information content (AvgIpc) is 2.70. The lowest BCUT2D eigenvalue weighted by molar-refractivity contribution is 0.420. The van der Waals surface area contributed by atoms with Gasteiger partial charge in [-0.05, 0) is 22.9 Å². The van der Waals surface area contributed by atoms with E-state index in [0.29, 0.717) is 0 Å². The second kappa shape index (κ2) is 7.14. The van der Waals surface area contributed by atoms with Gasteiger partial charge in [0.15, 0.2) is 0 Å². The van der Waals surface area contributed by atoms with Crippen LogP contribution < -0.4 is 4.74 Å². The zero-order valence-corrected chi connectivity index (χ0v) is 17.7. The highest BCUT2D eigenvalue weighted by atomic mass is 28.3. The topological polar surface area (TPSA) is 22.1 Å². The van der Waals surface area contributed by atoms with Crippen molar-refractivity contribution in [1.29, 1.82) is 0 Å². The molecule has 0 N–H and O–H groups in total. The van der Waals surface area contributed by atoms with Gasteiger partial charge in [0.05, 0.1) is 12.8 Å². The minimum Gasteiger partial charge on any atom is -0.496 e. The molecule has 0 fully saturated rings. The fraction of sp³-hybridized carbons (Fsp3) is 0.160. The molecule has 0 aliphatic heterocycles. The number of benzene rings is 3. The number of rotatable bonds is 2. The number of ether oxygens (including phenoxy) is 1. The Labute approximate surface area is 167 Å². The van der Waals surface area contributed by atoms with Gasteiger partial charge in [-0.15, -0.1) is 5.54 Å². The van der Waals surface area contributed by atoms with Crippen molar-refractivity contribution in [3.8, 4) is 28.5 Å². The van der Waals surface area contributed by atoms with Crippen molar-refractivity contribution in [2.24, 2.45) is 0 Å². The molecule has 0 bridgehead atoms. The summed E-state index contributed by atoms with van der Waals surface area (Å²) >= 11 is 0. The van der Waals surface area contributed by atoms with Gasteiger partial charge < -0.3 is 4.74 Å². The lowest BCUT2D eigenvalue weighted by Gasteiger charge is -2.15. The second-order valence-electron chi connectivity index (χ2n) is 7.93. The number of pyridine rings is 1. The predicted molar refractivity (Wildman–Crippen MR) is 121 cm³/mol. The lowest BCUT2D eigenvalue weighted by atomic mass is 9.93. The maximum Gasteiger partial charge on any atom is 0.129 e. The van der Waals surface area contributed by atoms with E-state index in [1.54, 1.807) is 7.11 Å². The van der Waals surface area contributed by atoms with Crippen molar-refractivity contribution >= 4 is 29.6 Å². The van der Waals surface area contributed by atoms with Gasteiger partial charge >= 0.3 is 0 Å². The summed E-state index contributed by atoms with van der Waals surface area (Å²) in [6, 6.07) is 20.8. The van der Waals surface area contributed by atoms with Gasteiger partial charge in [0.25, 0.3) is 0 Å². The van der Waals surface area contributed by atoms with Gasteiger partial charge in [0, 0.05) is 28.1 Å². The van der Waals surface area contributed by atoms with Crippen LogP contribution in [0.1, 0.15) is 5.56 Å². The highest BCUT2D eigenvalue weighted by Crippen LogP contribution is 2.39. The maximum atomic E-state index is 5.70. The maximum absolute atomic E-state index is 5.70. The Balaban J connectivity index is 2.15. The van der Waals surface area contributed by atoms with E-state index >= 15 is 0 Å². The summed E-state index contributed by atoms with van der Waals surface area (Å²) in [4.78, 5) is 4.79. The highest BCUT2D eigenvalue weighted by Gasteiger charge is 2.17. The smallest absolute Gasteiger partial charge is 0.129 e. The van der Waals surface area contributed by atoms with Gasteiger partial charge in [0.2, 0.25) is 0 Å². The third-order valence-electron chi connectivity index (χ3n) is 4.71. The van der Waals surface area contributed by atoms with E-state index in [1.165, 1.54) is 5.39 Å². The van der Waals surface area contributed by atoms with Gasteiger partial charge in [0.1, 0.15) is 13.8 Å². The van der Waals surface area contributed by atoms with Gasteiger partial charge in [-0.1, -0.05) is 74.1 Å². The van der Waals surface area contributed by atoms with Crippen LogP contribution in [0, 0.1) is 11.5 Å². The van der Waals surface area contributed by atoms with Crippen LogP contribution >= 0.6 is 0 Å². The molecule has 0 atom stereocenters. The number of methoxy groups -OCH3 is 1. The molecular weight excluding hydrogens is 358 g/mol. The standard InChI is InChI=1S/C25H23NOSi/c1-27-23-17-19(14-16-28(2,3)4)24(22-12-8-7-11-21(22)23)25-20-10-6-5-9-18(20)13-15-26-25/h5-13,15,17H,1-4H3. The molecule has 2 nitrogen and oxygen atoms in total. The first kappa shape index (κ1) is 18.3. The second-order valence-corrected chi connectivity index (χ2v) is 12.7. The van der Waals surface area contributed by atoms with E-state index in [9.17, 15) is 0 Å². The molecule has 0 aliphatic carbocycles. The molecule has 4 rings (SSSR count). The van der Waals surface area contributed by atoms with Crippen LogP contribution in [-0.2, 0) is 0 Å². The van der Waals surface area contributed by atoms with Gasteiger partial charge in [-0.25, -0.2) is 0 Å². The Bertz CT molecular complexity index is 1240. The first-order valence-electron chi connectivity index (χ1n) is 9.45. The fourth-order valence-electron chi connectivity index (χ4n) is 3.44. The van der Waals surface area contributed by atoms with Crippen molar-refractivity contribution < 1.29 is 4.74 Å². The first-order valence-corrected chi connectivity index (χ1v) is 12.9. The Morgan fingerprint density at radius 3 is 2.25 bits per heavy atom. The summed E-state index contributed by atoms with van der Waals surface area (Å²) in [5.41, 5.74) is 6.54. The van der Waals surface area contributed by atoms with Gasteiger partial charge in [-0.2, -0.15) is 0 Å². The molecule has 0 unspecified atom stereocenters. The summed E-state index contributed by atoms with van der Waals surface area (Å²) in [5, 5.41) is 4.51. The highest BCUT2D eigenvalue weighted by molar-refractivity contribution is 6.83. The Hall–Kier alpha value is -3.09. The molecule has 3 aromatic carbocycles. The Morgan fingerprint density at radius 1 is 0.857 bits per heavy atom. The molecular formula is C25H23NOSi. The number of hydrogen-bond acceptors (Lipinski definition) is 2. The van der Waals surface area contributed by atoms with E-state index in [2.05, 4.69) is 85.7 Å². The molecule has 3 heteroatoms. The van der Waals surface area contributed by atoms with E-state index in [4.69, 9.17) is 9.72 Å². The lowest BCUT2D eigenvalue weighted by Crippen LogP contribution is -2.16. The van der Waals surface area contributed by atoms with Crippen LogP contribution in [0.15, 0.2) is 66.9 Å². The molecule has 1 aromatic heterocycles. The summed E-state index contributed by atoms with van der Waals surface area (Å²) in [7, 11) is 0.181. The third-order valence-corrected chi connectivity index (χ3v) is 5.58. The van der Waals surface area contributed by atoms with Crippen LogP contribution in [0.25, 0.3) is 32.8 Å². The molecule has 28 heavy (non-hydrogen) atoms. The van der Waals surface area contributed by atoms with Crippen molar-refractivity contribution in [2.45, 2.75) is 19.6 Å². The largest absolute Gasteiger partial charge is 0.496 e. The zero-order valence-electron chi connectivity index (χ0n) is 16.7. The van der Waals surface area contributed by atoms with Crippen molar-refractivity contribution in [1.82, 2.24) is 4.98 Å². The summed E-state index contributed by atoms with van der Waals surface area (Å²) < 4.78 is 5.70. The molecule has 0 saturated carbocycles. The van der Waals surface area contributed by atoms with Crippen LogP contribution in [0.5, 0.6) is 5.75 Å². The number of fused-ring (bicyclic) bond motifs is 2. The SMILES string of the molecule is COc1cc(C#C[Si](C)(C)C)c(-c2nccc3ccccc23)c2ccccc12. The normalized spacial score (nSPS) is 11.3. The number of nitrogens with zero attached hydrogens (tertiary/aromatic N) is 1. The van der Waals surface area contributed by atoms with E-state index in [0.717, 1.165) is 38.7 Å². The summed E-state index contributed by atoms with van der Waals surface area (Å²) in [6.45, 7) is 6.77. The number of aromatic nitrogens is 1. The quantitative estimate of drug-likeness (QED) is 0.300. The fourth-order valence-corrected chi connectivity index (χ4v) is 3.95. The first-order chi connectivity index (χ1) is 13.5. The molecule has 0 saturated heterocycles. The van der Waals surface area contributed by atoms with E-state index < -0.39 is 8.07 Å². The molecule has 138 valence electrons. The van der Waals surface area contributed by atoms with Crippen molar-refractivity contribution in [3.05, 3.63) is 72.4 Å². The van der Waals surface area contributed by atoms with Gasteiger partial charge in [-0.3, -0.25) is 4.98 Å². The van der Waals surface area contributed by atoms with Crippen LogP contribution in [0.2, 0.25) is 19.6 Å². The molecule has 0 spiro atoms. The molecule has 1 heterocycles. The van der Waals surface area contributed by atoms with Crippen molar-refractivity contribution in [3.63, 3.8) is 0 Å². The van der Waals surface area contributed by atoms with Crippen LogP contribution in [0.3, 0.4) is 0 Å². The summed E-state index contributed by atoms with van der Waals surface area (Å²) in [5.74, 6) is 4.32. The Kier molecular flexibility index (Phi) is 4.66.